The number of nitrogens with one attached hydrogen (secondary N) is 1. The van der Waals surface area contributed by atoms with E-state index in [0.717, 1.165) is 16.7 Å². The first-order chi connectivity index (χ1) is 15.8. The Labute approximate surface area is 195 Å². The van der Waals surface area contributed by atoms with Gasteiger partial charge in [0.2, 0.25) is 10.0 Å². The van der Waals surface area contributed by atoms with E-state index in [1.165, 1.54) is 10.5 Å². The number of carbonyl (C=O) groups is 1. The van der Waals surface area contributed by atoms with Gasteiger partial charge >= 0.3 is 0 Å². The number of hydrazone groups is 1. The minimum Gasteiger partial charge on any atom is -0.272 e. The first kappa shape index (κ1) is 24.3. The molecule has 1 aromatic heterocycles. The summed E-state index contributed by atoms with van der Waals surface area (Å²) in [5.41, 5.74) is 6.50. The fourth-order valence-corrected chi connectivity index (χ4v) is 5.52. The number of pyridine rings is 1. The van der Waals surface area contributed by atoms with Crippen molar-refractivity contribution in [2.75, 3.05) is 13.1 Å². The SMILES string of the molecule is Cc1cc(C)c(S(=O)(=O)N(CCc2ccccc2)CC(=O)NN=Cc2ccncc2)c(C)c1. The van der Waals surface area contributed by atoms with E-state index < -0.39 is 15.9 Å². The maximum Gasteiger partial charge on any atom is 0.255 e. The number of sulfonamides is 1. The fourth-order valence-electron chi connectivity index (χ4n) is 3.71. The third kappa shape index (κ3) is 6.57. The molecule has 0 aliphatic rings. The van der Waals surface area contributed by atoms with Gasteiger partial charge in [0.1, 0.15) is 0 Å². The molecule has 0 atom stereocenters. The van der Waals surface area contributed by atoms with Gasteiger partial charge in [-0.15, -0.1) is 0 Å². The van der Waals surface area contributed by atoms with Gasteiger partial charge in [-0.1, -0.05) is 48.0 Å². The number of nitrogens with zero attached hydrogens (tertiary/aromatic N) is 3. The molecule has 1 amide bonds. The number of aromatic nitrogens is 1. The van der Waals surface area contributed by atoms with Crippen molar-refractivity contribution < 1.29 is 13.2 Å². The minimum atomic E-state index is -3.91. The zero-order chi connectivity index (χ0) is 23.8. The molecule has 1 N–H and O–H groups in total. The lowest BCUT2D eigenvalue weighted by atomic mass is 10.1. The molecule has 7 nitrogen and oxygen atoms in total. The van der Waals surface area contributed by atoms with Crippen LogP contribution < -0.4 is 5.43 Å². The molecule has 0 spiro atoms. The quantitative estimate of drug-likeness (QED) is 0.388. The van der Waals surface area contributed by atoms with Crippen LogP contribution in [0.3, 0.4) is 0 Å². The average Bonchev–Trinajstić information content (AvgIpc) is 2.77. The average molecular weight is 465 g/mol. The molecular formula is C25H28N4O3S. The van der Waals surface area contributed by atoms with E-state index in [0.29, 0.717) is 17.5 Å². The smallest absolute Gasteiger partial charge is 0.255 e. The molecule has 0 unspecified atom stereocenters. The maximum atomic E-state index is 13.6. The number of benzene rings is 2. The molecule has 0 saturated carbocycles. The van der Waals surface area contributed by atoms with Gasteiger partial charge in [0.15, 0.2) is 0 Å². The van der Waals surface area contributed by atoms with Gasteiger partial charge in [0.05, 0.1) is 17.7 Å². The van der Waals surface area contributed by atoms with E-state index in [1.54, 1.807) is 38.4 Å². The Morgan fingerprint density at radius 3 is 2.30 bits per heavy atom. The van der Waals surface area contributed by atoms with Crippen LogP contribution in [0.15, 0.2) is 77.0 Å². The monoisotopic (exact) mass is 464 g/mol. The summed E-state index contributed by atoms with van der Waals surface area (Å²) in [4.78, 5) is 16.8. The molecule has 33 heavy (non-hydrogen) atoms. The van der Waals surface area contributed by atoms with Crippen molar-refractivity contribution >= 4 is 22.1 Å². The molecule has 1 heterocycles. The standard InChI is InChI=1S/C25H28N4O3S/c1-19-15-20(2)25(21(3)16-19)33(31,32)29(14-11-22-7-5-4-6-8-22)18-24(30)28-27-17-23-9-12-26-13-10-23/h4-10,12-13,15-17H,11,14,18H2,1-3H3,(H,28,30). The lowest BCUT2D eigenvalue weighted by molar-refractivity contribution is -0.121. The number of carbonyl (C=O) groups excluding carboxylic acids is 1. The Morgan fingerprint density at radius 2 is 1.67 bits per heavy atom. The van der Waals surface area contributed by atoms with Crippen molar-refractivity contribution in [2.24, 2.45) is 5.10 Å². The molecule has 0 saturated heterocycles. The molecular weight excluding hydrogens is 436 g/mol. The molecule has 0 aliphatic carbocycles. The van der Waals surface area contributed by atoms with E-state index in [9.17, 15) is 13.2 Å². The second-order valence-corrected chi connectivity index (χ2v) is 9.75. The summed E-state index contributed by atoms with van der Waals surface area (Å²) in [6.07, 6.45) is 5.20. The highest BCUT2D eigenvalue weighted by Crippen LogP contribution is 2.25. The fraction of sp³-hybridized carbons (Fsp3) is 0.240. The molecule has 0 bridgehead atoms. The molecule has 0 radical (unpaired) electrons. The molecule has 3 aromatic rings. The Morgan fingerprint density at radius 1 is 1.03 bits per heavy atom. The lowest BCUT2D eigenvalue weighted by Gasteiger charge is -2.24. The summed E-state index contributed by atoms with van der Waals surface area (Å²) < 4.78 is 28.5. The molecule has 3 rings (SSSR count). The predicted molar refractivity (Wildman–Crippen MR) is 130 cm³/mol. The minimum absolute atomic E-state index is 0.167. The second kappa shape index (κ2) is 11.0. The van der Waals surface area contributed by atoms with E-state index >= 15 is 0 Å². The highest BCUT2D eigenvalue weighted by atomic mass is 32.2. The third-order valence-electron chi connectivity index (χ3n) is 5.12. The predicted octanol–water partition coefficient (Wildman–Crippen LogP) is 3.39. The summed E-state index contributed by atoms with van der Waals surface area (Å²) >= 11 is 0. The van der Waals surface area contributed by atoms with Crippen LogP contribution in [0.5, 0.6) is 0 Å². The van der Waals surface area contributed by atoms with Crippen LogP contribution >= 0.6 is 0 Å². The van der Waals surface area contributed by atoms with Crippen LogP contribution in [0.4, 0.5) is 0 Å². The van der Waals surface area contributed by atoms with Crippen LogP contribution in [0.25, 0.3) is 0 Å². The Hall–Kier alpha value is -3.36. The molecule has 0 fully saturated rings. The normalized spacial score (nSPS) is 11.8. The highest BCUT2D eigenvalue weighted by molar-refractivity contribution is 7.89. The summed E-state index contributed by atoms with van der Waals surface area (Å²) in [5.74, 6) is -0.514. The van der Waals surface area contributed by atoms with Gasteiger partial charge in [0, 0.05) is 18.9 Å². The summed E-state index contributed by atoms with van der Waals surface area (Å²) in [6.45, 7) is 5.32. The van der Waals surface area contributed by atoms with E-state index in [4.69, 9.17) is 0 Å². The number of hydrogen-bond acceptors (Lipinski definition) is 5. The number of amides is 1. The first-order valence-electron chi connectivity index (χ1n) is 10.6. The van der Waals surface area contributed by atoms with Crippen molar-refractivity contribution in [3.05, 3.63) is 94.8 Å². The molecule has 0 aliphatic heterocycles. The number of aryl methyl sites for hydroxylation is 3. The zero-order valence-corrected chi connectivity index (χ0v) is 19.8. The van der Waals surface area contributed by atoms with E-state index in [-0.39, 0.29) is 18.0 Å². The molecule has 8 heteroatoms. The number of rotatable bonds is 9. The maximum absolute atomic E-state index is 13.6. The van der Waals surface area contributed by atoms with Gasteiger partial charge in [-0.05, 0) is 61.6 Å². The number of hydrogen-bond donors (Lipinski definition) is 1. The zero-order valence-electron chi connectivity index (χ0n) is 19.0. The lowest BCUT2D eigenvalue weighted by Crippen LogP contribution is -2.41. The summed E-state index contributed by atoms with van der Waals surface area (Å²) in [6, 6.07) is 16.8. The molecule has 172 valence electrons. The van der Waals surface area contributed by atoms with Crippen molar-refractivity contribution in [2.45, 2.75) is 32.1 Å². The largest absolute Gasteiger partial charge is 0.272 e. The van der Waals surface area contributed by atoms with E-state index in [1.807, 2.05) is 49.4 Å². The highest BCUT2D eigenvalue weighted by Gasteiger charge is 2.29. The van der Waals surface area contributed by atoms with Crippen molar-refractivity contribution in [1.82, 2.24) is 14.7 Å². The Kier molecular flexibility index (Phi) is 8.08. The Bertz CT molecular complexity index is 1200. The van der Waals surface area contributed by atoms with Crippen molar-refractivity contribution in [1.29, 1.82) is 0 Å². The van der Waals surface area contributed by atoms with Gasteiger partial charge < -0.3 is 0 Å². The van der Waals surface area contributed by atoms with Gasteiger partial charge in [0.25, 0.3) is 5.91 Å². The van der Waals surface area contributed by atoms with Gasteiger partial charge in [-0.3, -0.25) is 9.78 Å². The first-order valence-corrected chi connectivity index (χ1v) is 12.1. The van der Waals surface area contributed by atoms with Gasteiger partial charge in [-0.25, -0.2) is 13.8 Å². The summed E-state index contributed by atoms with van der Waals surface area (Å²) in [7, 11) is -3.91. The van der Waals surface area contributed by atoms with E-state index in [2.05, 4.69) is 15.5 Å². The van der Waals surface area contributed by atoms with Crippen molar-refractivity contribution in [3.63, 3.8) is 0 Å². The van der Waals surface area contributed by atoms with Crippen LogP contribution in [-0.4, -0.2) is 42.9 Å². The third-order valence-corrected chi connectivity index (χ3v) is 7.28. The van der Waals surface area contributed by atoms with Crippen LogP contribution in [0.1, 0.15) is 27.8 Å². The molecule has 2 aromatic carbocycles. The van der Waals surface area contributed by atoms with Crippen LogP contribution in [-0.2, 0) is 21.2 Å². The topological polar surface area (TPSA) is 91.7 Å². The van der Waals surface area contributed by atoms with Crippen molar-refractivity contribution in [3.8, 4) is 0 Å². The van der Waals surface area contributed by atoms with Crippen LogP contribution in [0, 0.1) is 20.8 Å². The summed E-state index contributed by atoms with van der Waals surface area (Å²) in [5, 5.41) is 3.94. The Balaban J connectivity index is 1.82. The van der Waals surface area contributed by atoms with Gasteiger partial charge in [-0.2, -0.15) is 9.41 Å². The second-order valence-electron chi connectivity index (χ2n) is 7.88. The van der Waals surface area contributed by atoms with Crippen LogP contribution in [0.2, 0.25) is 0 Å².